The van der Waals surface area contributed by atoms with Crippen molar-refractivity contribution in [3.05, 3.63) is 76.3 Å². The largest absolute Gasteiger partial charge is 0.495 e. The van der Waals surface area contributed by atoms with Gasteiger partial charge in [0.15, 0.2) is 0 Å². The van der Waals surface area contributed by atoms with Gasteiger partial charge in [-0.05, 0) is 54.6 Å². The van der Waals surface area contributed by atoms with Crippen molar-refractivity contribution in [2.45, 2.75) is 9.79 Å². The zero-order chi connectivity index (χ0) is 23.7. The Hall–Kier alpha value is -2.60. The molecule has 0 atom stereocenters. The number of hydrogen-bond donors (Lipinski definition) is 2. The Labute approximate surface area is 193 Å². The highest BCUT2D eigenvalue weighted by molar-refractivity contribution is 7.93. The monoisotopic (exact) mass is 522 g/mol. The summed E-state index contributed by atoms with van der Waals surface area (Å²) in [6.45, 7) is 0. The summed E-state index contributed by atoms with van der Waals surface area (Å²) in [5, 5.41) is -0.0948. The van der Waals surface area contributed by atoms with Gasteiger partial charge >= 0.3 is 0 Å². The van der Waals surface area contributed by atoms with Crippen molar-refractivity contribution < 1.29 is 30.4 Å². The molecule has 3 aromatic carbocycles. The Morgan fingerprint density at radius 1 is 0.750 bits per heavy atom. The lowest BCUT2D eigenvalue weighted by atomic mass is 10.3. The van der Waals surface area contributed by atoms with Gasteiger partial charge < -0.3 is 4.74 Å². The highest BCUT2D eigenvalue weighted by Crippen LogP contribution is 2.30. The van der Waals surface area contributed by atoms with E-state index in [2.05, 4.69) is 9.44 Å². The Kier molecular flexibility index (Phi) is 6.84. The van der Waals surface area contributed by atoms with Crippen LogP contribution in [-0.4, -0.2) is 23.9 Å². The average Bonchev–Trinajstić information content (AvgIpc) is 2.65. The molecule has 0 spiro atoms. The van der Waals surface area contributed by atoms with Crippen LogP contribution in [-0.2, 0) is 20.0 Å². The Morgan fingerprint density at radius 2 is 1.25 bits per heavy atom. The lowest BCUT2D eigenvalue weighted by molar-refractivity contribution is 0.402. The van der Waals surface area contributed by atoms with Crippen molar-refractivity contribution in [3.8, 4) is 5.75 Å². The van der Waals surface area contributed by atoms with Crippen LogP contribution in [0.2, 0.25) is 10.0 Å². The van der Waals surface area contributed by atoms with E-state index >= 15 is 0 Å². The molecule has 0 fully saturated rings. The molecule has 0 aliphatic heterocycles. The topological polar surface area (TPSA) is 102 Å². The smallest absolute Gasteiger partial charge is 0.265 e. The van der Waals surface area contributed by atoms with E-state index in [-0.39, 0.29) is 27.2 Å². The number of benzene rings is 3. The zero-order valence-corrected chi connectivity index (χ0v) is 19.2. The van der Waals surface area contributed by atoms with Gasteiger partial charge in [-0.25, -0.2) is 25.6 Å². The second-order valence-corrected chi connectivity index (χ2v) is 10.5. The maximum Gasteiger partial charge on any atom is 0.265 e. The quantitative estimate of drug-likeness (QED) is 0.460. The second kappa shape index (κ2) is 9.10. The van der Waals surface area contributed by atoms with Crippen molar-refractivity contribution >= 4 is 54.6 Å². The van der Waals surface area contributed by atoms with E-state index in [9.17, 15) is 25.6 Å². The molecule has 3 aromatic rings. The van der Waals surface area contributed by atoms with E-state index in [1.165, 1.54) is 19.2 Å². The van der Waals surface area contributed by atoms with Crippen LogP contribution in [0.25, 0.3) is 0 Å². The maximum absolute atomic E-state index is 13.6. The molecule has 7 nitrogen and oxygen atoms in total. The number of hydrogen-bond acceptors (Lipinski definition) is 5. The summed E-state index contributed by atoms with van der Waals surface area (Å²) in [6, 6.07) is 9.18. The van der Waals surface area contributed by atoms with Gasteiger partial charge in [-0.2, -0.15) is 0 Å². The average molecular weight is 523 g/mol. The molecule has 0 heterocycles. The van der Waals surface area contributed by atoms with Gasteiger partial charge in [-0.1, -0.05) is 23.2 Å². The van der Waals surface area contributed by atoms with Crippen LogP contribution < -0.4 is 14.2 Å². The molecule has 0 unspecified atom stereocenters. The summed E-state index contributed by atoms with van der Waals surface area (Å²) < 4.78 is 87.7. The minimum atomic E-state index is -4.43. The molecule has 0 bridgehead atoms. The molecular formula is C19H14Cl2F2N2O5S2. The van der Waals surface area contributed by atoms with Crippen LogP contribution in [0.5, 0.6) is 5.75 Å². The normalized spacial score (nSPS) is 11.8. The number of rotatable bonds is 7. The van der Waals surface area contributed by atoms with Gasteiger partial charge in [-0.15, -0.1) is 0 Å². The standard InChI is InChI=1S/C19H14Cl2F2N2O5S2/c1-30-18-3-2-17(31(26,27)24-15-6-11(20)4-13(22)8-15)10-19(18)32(28,29)25-16-7-12(21)5-14(23)9-16/h2-10,24-25H,1H3. The molecule has 170 valence electrons. The van der Waals surface area contributed by atoms with E-state index in [4.69, 9.17) is 27.9 Å². The molecule has 13 heteroatoms. The molecule has 0 aromatic heterocycles. The number of methoxy groups -OCH3 is 1. The van der Waals surface area contributed by atoms with Crippen LogP contribution in [0.15, 0.2) is 64.4 Å². The van der Waals surface area contributed by atoms with Crippen LogP contribution in [0.3, 0.4) is 0 Å². The first kappa shape index (κ1) is 24.1. The summed E-state index contributed by atoms with van der Waals surface area (Å²) in [5.74, 6) is -1.73. The third-order valence-electron chi connectivity index (χ3n) is 3.96. The molecule has 0 aliphatic carbocycles. The number of ether oxygens (including phenoxy) is 1. The lowest BCUT2D eigenvalue weighted by Crippen LogP contribution is -2.17. The third kappa shape index (κ3) is 5.60. The van der Waals surface area contributed by atoms with Gasteiger partial charge in [0.05, 0.1) is 23.4 Å². The second-order valence-electron chi connectivity index (χ2n) is 6.34. The molecular weight excluding hydrogens is 509 g/mol. The van der Waals surface area contributed by atoms with Crippen LogP contribution >= 0.6 is 23.2 Å². The SMILES string of the molecule is COc1ccc(S(=O)(=O)Nc2cc(F)cc(Cl)c2)cc1S(=O)(=O)Nc1cc(F)cc(Cl)c1. The van der Waals surface area contributed by atoms with Crippen LogP contribution in [0.4, 0.5) is 20.2 Å². The van der Waals surface area contributed by atoms with Crippen molar-refractivity contribution in [3.63, 3.8) is 0 Å². The number of anilines is 2. The molecule has 0 saturated carbocycles. The summed E-state index contributed by atoms with van der Waals surface area (Å²) in [5.41, 5.74) is -0.347. The molecule has 3 rings (SSSR count). The number of sulfonamides is 2. The fourth-order valence-electron chi connectivity index (χ4n) is 2.68. The molecule has 0 aliphatic rings. The van der Waals surface area contributed by atoms with Crippen molar-refractivity contribution in [1.82, 2.24) is 0 Å². The van der Waals surface area contributed by atoms with E-state index in [1.54, 1.807) is 0 Å². The summed E-state index contributed by atoms with van der Waals surface area (Å²) >= 11 is 11.5. The fraction of sp³-hybridized carbons (Fsp3) is 0.0526. The van der Waals surface area contributed by atoms with Gasteiger partial charge in [-0.3, -0.25) is 9.44 Å². The summed E-state index contributed by atoms with van der Waals surface area (Å²) in [4.78, 5) is -1.00. The molecule has 0 radical (unpaired) electrons. The van der Waals surface area contributed by atoms with Gasteiger partial charge in [0.2, 0.25) is 0 Å². The predicted molar refractivity (Wildman–Crippen MR) is 117 cm³/mol. The number of halogens is 4. The Morgan fingerprint density at radius 3 is 1.72 bits per heavy atom. The molecule has 32 heavy (non-hydrogen) atoms. The minimum Gasteiger partial charge on any atom is -0.495 e. The van der Waals surface area contributed by atoms with E-state index in [1.807, 2.05) is 0 Å². The fourth-order valence-corrected chi connectivity index (χ4v) is 5.50. The maximum atomic E-state index is 13.6. The third-order valence-corrected chi connectivity index (χ3v) is 7.18. The molecule has 0 amide bonds. The van der Waals surface area contributed by atoms with Gasteiger partial charge in [0.25, 0.3) is 20.0 Å². The Balaban J connectivity index is 2.02. The number of nitrogens with one attached hydrogen (secondary N) is 2. The first-order valence-electron chi connectivity index (χ1n) is 8.55. The van der Waals surface area contributed by atoms with E-state index < -0.39 is 41.5 Å². The van der Waals surface area contributed by atoms with Crippen molar-refractivity contribution in [1.29, 1.82) is 0 Å². The minimum absolute atomic E-state index is 0.0429. The summed E-state index contributed by atoms with van der Waals surface area (Å²) in [7, 11) is -7.59. The zero-order valence-electron chi connectivity index (χ0n) is 16.1. The van der Waals surface area contributed by atoms with E-state index in [0.717, 1.165) is 42.5 Å². The molecule has 2 N–H and O–H groups in total. The predicted octanol–water partition coefficient (Wildman–Crippen LogP) is 4.88. The molecule has 0 saturated heterocycles. The van der Waals surface area contributed by atoms with E-state index in [0.29, 0.717) is 0 Å². The van der Waals surface area contributed by atoms with Gasteiger partial charge in [0.1, 0.15) is 22.3 Å². The van der Waals surface area contributed by atoms with Crippen molar-refractivity contribution in [2.24, 2.45) is 0 Å². The van der Waals surface area contributed by atoms with Crippen LogP contribution in [0.1, 0.15) is 0 Å². The van der Waals surface area contributed by atoms with Crippen molar-refractivity contribution in [2.75, 3.05) is 16.6 Å². The first-order chi connectivity index (χ1) is 14.9. The lowest BCUT2D eigenvalue weighted by Gasteiger charge is -2.14. The highest BCUT2D eigenvalue weighted by atomic mass is 35.5. The Bertz CT molecular complexity index is 1360. The highest BCUT2D eigenvalue weighted by Gasteiger charge is 2.25. The van der Waals surface area contributed by atoms with Gasteiger partial charge in [0, 0.05) is 10.0 Å². The van der Waals surface area contributed by atoms with Crippen LogP contribution in [0, 0.1) is 11.6 Å². The summed E-state index contributed by atoms with van der Waals surface area (Å²) in [6.07, 6.45) is 0. The first-order valence-corrected chi connectivity index (χ1v) is 12.3.